The minimum absolute atomic E-state index is 0.846. The maximum Gasteiger partial charge on any atom is 0.0367 e. The van der Waals surface area contributed by atoms with Gasteiger partial charge >= 0.3 is 0 Å². The summed E-state index contributed by atoms with van der Waals surface area (Å²) in [4.78, 5) is 2.48. The smallest absolute Gasteiger partial charge is 0.0367 e. The minimum atomic E-state index is 0.846. The Morgan fingerprint density at radius 2 is 2.06 bits per heavy atom. The maximum atomic E-state index is 5.70. The van der Waals surface area contributed by atoms with Gasteiger partial charge in [0.25, 0.3) is 0 Å². The Kier molecular flexibility index (Phi) is 3.37. The molecule has 0 spiro atoms. The van der Waals surface area contributed by atoms with Crippen molar-refractivity contribution in [2.24, 2.45) is 11.8 Å². The molecule has 1 heterocycles. The van der Waals surface area contributed by atoms with Crippen LogP contribution in [-0.4, -0.2) is 13.1 Å². The molecule has 0 radical (unpaired) electrons. The zero-order valence-electron chi connectivity index (χ0n) is 10.3. The van der Waals surface area contributed by atoms with Crippen LogP contribution in [0, 0.1) is 11.8 Å². The summed E-state index contributed by atoms with van der Waals surface area (Å²) < 4.78 is 0. The number of hydrogen-bond acceptors (Lipinski definition) is 2. The predicted octanol–water partition coefficient (Wildman–Crippen LogP) is 3.14. The maximum absolute atomic E-state index is 5.70. The number of nitrogens with zero attached hydrogens (tertiary/aromatic N) is 1. The third kappa shape index (κ3) is 2.31. The van der Waals surface area contributed by atoms with Gasteiger partial charge in [0.05, 0.1) is 0 Å². The van der Waals surface area contributed by atoms with E-state index in [0.29, 0.717) is 0 Å². The number of benzene rings is 1. The number of hydrogen-bond donors (Lipinski definition) is 1. The van der Waals surface area contributed by atoms with E-state index in [1.165, 1.54) is 31.6 Å². The Balaban J connectivity index is 2.00. The van der Waals surface area contributed by atoms with Gasteiger partial charge in [-0.05, 0) is 42.5 Å². The summed E-state index contributed by atoms with van der Waals surface area (Å²) in [6, 6.07) is 8.25. The summed E-state index contributed by atoms with van der Waals surface area (Å²) in [7, 11) is 0. The molecule has 2 heteroatoms. The lowest BCUT2D eigenvalue weighted by molar-refractivity contribution is 0.379. The van der Waals surface area contributed by atoms with Gasteiger partial charge in [-0.2, -0.15) is 0 Å². The summed E-state index contributed by atoms with van der Waals surface area (Å²) in [5.41, 5.74) is 7.87. The quantitative estimate of drug-likeness (QED) is 0.790. The lowest BCUT2D eigenvalue weighted by Crippen LogP contribution is -2.21. The molecular weight excluding hydrogens is 196 g/mol. The van der Waals surface area contributed by atoms with Crippen LogP contribution >= 0.6 is 0 Å². The van der Waals surface area contributed by atoms with Gasteiger partial charge in [0, 0.05) is 24.5 Å². The fourth-order valence-corrected chi connectivity index (χ4v) is 2.50. The zero-order valence-corrected chi connectivity index (χ0v) is 10.3. The number of anilines is 2. The van der Waals surface area contributed by atoms with Gasteiger partial charge in [0.2, 0.25) is 0 Å². The fraction of sp³-hybridized carbons (Fsp3) is 0.571. The SMILES string of the molecule is CCC(C)C1CCN(c2ccc(N)cc2)C1. The Morgan fingerprint density at radius 1 is 1.38 bits per heavy atom. The summed E-state index contributed by atoms with van der Waals surface area (Å²) in [6.45, 7) is 7.06. The Hall–Kier alpha value is -1.18. The molecule has 1 aromatic rings. The Labute approximate surface area is 98.4 Å². The second-order valence-electron chi connectivity index (χ2n) is 4.97. The summed E-state index contributed by atoms with van der Waals surface area (Å²) in [5, 5.41) is 0. The number of nitrogens with two attached hydrogens (primary N) is 1. The van der Waals surface area contributed by atoms with Crippen LogP contribution in [0.5, 0.6) is 0 Å². The second-order valence-corrected chi connectivity index (χ2v) is 4.97. The standard InChI is InChI=1S/C14H22N2/c1-3-11(2)12-8-9-16(10-12)14-6-4-13(15)5-7-14/h4-7,11-12H,3,8-10,15H2,1-2H3. The summed E-state index contributed by atoms with van der Waals surface area (Å²) in [6.07, 6.45) is 2.62. The number of nitrogen functional groups attached to an aromatic ring is 1. The van der Waals surface area contributed by atoms with Crippen LogP contribution in [0.25, 0.3) is 0 Å². The van der Waals surface area contributed by atoms with Crippen LogP contribution < -0.4 is 10.6 Å². The van der Waals surface area contributed by atoms with Gasteiger partial charge in [-0.1, -0.05) is 20.3 Å². The van der Waals surface area contributed by atoms with E-state index in [1.807, 2.05) is 12.1 Å². The molecule has 2 nitrogen and oxygen atoms in total. The normalized spacial score (nSPS) is 22.4. The van der Waals surface area contributed by atoms with E-state index < -0.39 is 0 Å². The van der Waals surface area contributed by atoms with Crippen molar-refractivity contribution in [1.29, 1.82) is 0 Å². The lowest BCUT2D eigenvalue weighted by atomic mass is 9.91. The largest absolute Gasteiger partial charge is 0.399 e. The van der Waals surface area contributed by atoms with Gasteiger partial charge < -0.3 is 10.6 Å². The minimum Gasteiger partial charge on any atom is -0.399 e. The molecule has 1 saturated heterocycles. The first-order valence-electron chi connectivity index (χ1n) is 6.31. The van der Waals surface area contributed by atoms with Crippen LogP contribution in [0.1, 0.15) is 26.7 Å². The zero-order chi connectivity index (χ0) is 11.5. The molecule has 2 atom stereocenters. The van der Waals surface area contributed by atoms with E-state index in [1.54, 1.807) is 0 Å². The van der Waals surface area contributed by atoms with Crippen LogP contribution in [0.3, 0.4) is 0 Å². The van der Waals surface area contributed by atoms with E-state index in [-0.39, 0.29) is 0 Å². The van der Waals surface area contributed by atoms with Crippen molar-refractivity contribution >= 4 is 11.4 Å². The van der Waals surface area contributed by atoms with Gasteiger partial charge in [-0.25, -0.2) is 0 Å². The van der Waals surface area contributed by atoms with E-state index in [0.717, 1.165) is 17.5 Å². The van der Waals surface area contributed by atoms with Crippen LogP contribution in [0.15, 0.2) is 24.3 Å². The highest BCUT2D eigenvalue weighted by Crippen LogP contribution is 2.29. The second kappa shape index (κ2) is 4.77. The third-order valence-electron chi connectivity index (χ3n) is 3.93. The molecule has 2 unspecified atom stereocenters. The highest BCUT2D eigenvalue weighted by molar-refractivity contribution is 5.53. The van der Waals surface area contributed by atoms with Crippen molar-refractivity contribution in [2.45, 2.75) is 26.7 Å². The number of rotatable bonds is 3. The molecule has 16 heavy (non-hydrogen) atoms. The molecule has 1 aliphatic heterocycles. The molecule has 0 aliphatic carbocycles. The van der Waals surface area contributed by atoms with Crippen LogP contribution in [-0.2, 0) is 0 Å². The van der Waals surface area contributed by atoms with Gasteiger partial charge in [-0.15, -0.1) is 0 Å². The van der Waals surface area contributed by atoms with E-state index in [4.69, 9.17) is 5.73 Å². The Bertz CT molecular complexity index is 331. The van der Waals surface area contributed by atoms with Gasteiger partial charge in [0.1, 0.15) is 0 Å². The van der Waals surface area contributed by atoms with Crippen molar-refractivity contribution in [1.82, 2.24) is 0 Å². The van der Waals surface area contributed by atoms with Crippen molar-refractivity contribution in [3.8, 4) is 0 Å². The summed E-state index contributed by atoms with van der Waals surface area (Å²) in [5.74, 6) is 1.71. The van der Waals surface area contributed by atoms with Crippen molar-refractivity contribution in [2.75, 3.05) is 23.7 Å². The van der Waals surface area contributed by atoms with Crippen molar-refractivity contribution in [3.63, 3.8) is 0 Å². The molecule has 88 valence electrons. The molecule has 1 aromatic carbocycles. The monoisotopic (exact) mass is 218 g/mol. The summed E-state index contributed by atoms with van der Waals surface area (Å²) >= 11 is 0. The average Bonchev–Trinajstić information content (AvgIpc) is 2.78. The third-order valence-corrected chi connectivity index (χ3v) is 3.93. The molecular formula is C14H22N2. The van der Waals surface area contributed by atoms with E-state index in [2.05, 4.69) is 30.9 Å². The first kappa shape index (κ1) is 11.3. The topological polar surface area (TPSA) is 29.3 Å². The first-order valence-corrected chi connectivity index (χ1v) is 6.31. The highest BCUT2D eigenvalue weighted by Gasteiger charge is 2.25. The van der Waals surface area contributed by atoms with Crippen molar-refractivity contribution < 1.29 is 0 Å². The van der Waals surface area contributed by atoms with E-state index in [9.17, 15) is 0 Å². The fourth-order valence-electron chi connectivity index (χ4n) is 2.50. The first-order chi connectivity index (χ1) is 7.70. The highest BCUT2D eigenvalue weighted by atomic mass is 15.1. The van der Waals surface area contributed by atoms with Gasteiger partial charge in [-0.3, -0.25) is 0 Å². The molecule has 2 rings (SSSR count). The van der Waals surface area contributed by atoms with E-state index >= 15 is 0 Å². The molecule has 0 aromatic heterocycles. The molecule has 0 bridgehead atoms. The predicted molar refractivity (Wildman–Crippen MR) is 70.6 cm³/mol. The Morgan fingerprint density at radius 3 is 2.69 bits per heavy atom. The molecule has 0 amide bonds. The van der Waals surface area contributed by atoms with Crippen LogP contribution in [0.4, 0.5) is 11.4 Å². The molecule has 1 aliphatic rings. The molecule has 1 fully saturated rings. The van der Waals surface area contributed by atoms with Gasteiger partial charge in [0.15, 0.2) is 0 Å². The van der Waals surface area contributed by atoms with Crippen LogP contribution in [0.2, 0.25) is 0 Å². The average molecular weight is 218 g/mol. The van der Waals surface area contributed by atoms with Crippen molar-refractivity contribution in [3.05, 3.63) is 24.3 Å². The molecule has 2 N–H and O–H groups in total. The molecule has 0 saturated carbocycles. The lowest BCUT2D eigenvalue weighted by Gasteiger charge is -2.21.